The van der Waals surface area contributed by atoms with Crippen LogP contribution in [-0.2, 0) is 26.3 Å². The Balaban J connectivity index is 1.42. The van der Waals surface area contributed by atoms with Crippen LogP contribution in [0.5, 0.6) is 0 Å². The van der Waals surface area contributed by atoms with Crippen molar-refractivity contribution in [2.75, 3.05) is 12.4 Å². The van der Waals surface area contributed by atoms with Crippen molar-refractivity contribution >= 4 is 39.0 Å². The van der Waals surface area contributed by atoms with Crippen LogP contribution in [0.4, 0.5) is 10.1 Å². The van der Waals surface area contributed by atoms with Crippen LogP contribution >= 0.6 is 11.3 Å². The average Bonchev–Trinajstić information content (AvgIpc) is 3.34. The number of anilines is 1. The van der Waals surface area contributed by atoms with Crippen molar-refractivity contribution in [1.82, 2.24) is 19.3 Å². The van der Waals surface area contributed by atoms with Crippen molar-refractivity contribution in [3.8, 4) is 16.6 Å². The minimum atomic E-state index is -4.14. The van der Waals surface area contributed by atoms with E-state index in [-0.39, 0.29) is 24.2 Å². The number of likely N-dealkylation sites (N-methyl/N-ethyl adjacent to an activating group) is 1. The third-order valence-corrected chi connectivity index (χ3v) is 8.19. The van der Waals surface area contributed by atoms with Crippen molar-refractivity contribution in [1.29, 1.82) is 5.26 Å². The number of thiazole rings is 1. The third-order valence-electron chi connectivity index (χ3n) is 5.55. The molecule has 0 saturated carbocycles. The molecule has 10 nitrogen and oxygen atoms in total. The van der Waals surface area contributed by atoms with Gasteiger partial charge >= 0.3 is 0 Å². The molecule has 1 aliphatic rings. The molecule has 2 atom stereocenters. The number of nitrogens with one attached hydrogen (secondary N) is 3. The minimum Gasteiger partial charge on any atom is -0.350 e. The van der Waals surface area contributed by atoms with E-state index in [0.717, 1.165) is 31.9 Å². The standard InChI is InChI=1S/C23H21FN6O4S2/c1-30-20(22(32)28-16-7-8-18(24)15(9-16)11-25)10-19(29-36(30,33)34)21(31)26-12-17-13-27-23(35-17)14-5-3-2-4-6-14/h2-9,13,19-20,29H,10,12H2,1H3,(H,26,31)(H,28,32). The normalized spacial score (nSPS) is 19.2. The number of hydrogen-bond acceptors (Lipinski definition) is 7. The molecule has 2 amide bonds. The summed E-state index contributed by atoms with van der Waals surface area (Å²) < 4.78 is 41.9. The second-order valence-corrected chi connectivity index (χ2v) is 10.8. The lowest BCUT2D eigenvalue weighted by Crippen LogP contribution is -2.62. The van der Waals surface area contributed by atoms with Crippen LogP contribution in [0, 0.1) is 17.1 Å². The van der Waals surface area contributed by atoms with Crippen LogP contribution in [0.15, 0.2) is 54.7 Å². The van der Waals surface area contributed by atoms with Crippen molar-refractivity contribution < 1.29 is 22.4 Å². The monoisotopic (exact) mass is 528 g/mol. The number of benzene rings is 2. The molecule has 3 N–H and O–H groups in total. The van der Waals surface area contributed by atoms with Gasteiger partial charge in [-0.15, -0.1) is 11.3 Å². The molecule has 1 aromatic heterocycles. The first-order chi connectivity index (χ1) is 17.2. The van der Waals surface area contributed by atoms with Gasteiger partial charge in [0.2, 0.25) is 11.8 Å². The summed E-state index contributed by atoms with van der Waals surface area (Å²) in [5.41, 5.74) is 0.803. The number of rotatable bonds is 6. The molecule has 2 aromatic carbocycles. The highest BCUT2D eigenvalue weighted by Crippen LogP contribution is 2.25. The molecule has 1 aliphatic heterocycles. The van der Waals surface area contributed by atoms with Gasteiger partial charge in [0.25, 0.3) is 10.2 Å². The Labute approximate surface area is 211 Å². The number of amides is 2. The molecule has 0 aliphatic carbocycles. The van der Waals surface area contributed by atoms with Crippen LogP contribution in [0.1, 0.15) is 16.9 Å². The Hall–Kier alpha value is -3.70. The Morgan fingerprint density at radius 1 is 1.25 bits per heavy atom. The van der Waals surface area contributed by atoms with E-state index in [2.05, 4.69) is 20.3 Å². The largest absolute Gasteiger partial charge is 0.350 e. The molecular formula is C23H21FN6O4S2. The maximum absolute atomic E-state index is 13.6. The maximum Gasteiger partial charge on any atom is 0.280 e. The van der Waals surface area contributed by atoms with Crippen molar-refractivity contribution in [3.63, 3.8) is 0 Å². The average molecular weight is 529 g/mol. The van der Waals surface area contributed by atoms with E-state index in [1.54, 1.807) is 12.3 Å². The number of nitriles is 1. The zero-order valence-electron chi connectivity index (χ0n) is 18.9. The summed E-state index contributed by atoms with van der Waals surface area (Å²) >= 11 is 1.40. The lowest BCUT2D eigenvalue weighted by atomic mass is 10.1. The van der Waals surface area contributed by atoms with E-state index in [0.29, 0.717) is 0 Å². The van der Waals surface area contributed by atoms with Crippen molar-refractivity contribution in [2.45, 2.75) is 25.0 Å². The second kappa shape index (κ2) is 10.5. The summed E-state index contributed by atoms with van der Waals surface area (Å²) in [7, 11) is -2.92. The van der Waals surface area contributed by atoms with Gasteiger partial charge in [-0.05, 0) is 24.6 Å². The molecule has 13 heteroatoms. The summed E-state index contributed by atoms with van der Waals surface area (Å²) in [5.74, 6) is -2.05. The molecule has 36 heavy (non-hydrogen) atoms. The smallest absolute Gasteiger partial charge is 0.280 e. The van der Waals surface area contributed by atoms with E-state index < -0.39 is 39.9 Å². The number of hydrogen-bond donors (Lipinski definition) is 3. The summed E-state index contributed by atoms with van der Waals surface area (Å²) in [5, 5.41) is 14.9. The highest BCUT2D eigenvalue weighted by molar-refractivity contribution is 7.87. The Kier molecular flexibility index (Phi) is 7.41. The van der Waals surface area contributed by atoms with Crippen molar-refractivity contribution in [3.05, 3.63) is 71.0 Å². The Morgan fingerprint density at radius 3 is 2.72 bits per heavy atom. The third kappa shape index (κ3) is 5.58. The Morgan fingerprint density at radius 2 is 2.00 bits per heavy atom. The predicted molar refractivity (Wildman–Crippen MR) is 131 cm³/mol. The van der Waals surface area contributed by atoms with Crippen LogP contribution in [-0.4, -0.2) is 48.7 Å². The molecule has 0 bridgehead atoms. The first-order valence-electron chi connectivity index (χ1n) is 10.7. The zero-order valence-corrected chi connectivity index (χ0v) is 20.6. The van der Waals surface area contributed by atoms with E-state index in [9.17, 15) is 22.4 Å². The first kappa shape index (κ1) is 25.4. The van der Waals surface area contributed by atoms with Crippen LogP contribution in [0.3, 0.4) is 0 Å². The number of aromatic nitrogens is 1. The second-order valence-electron chi connectivity index (χ2n) is 7.95. The van der Waals surface area contributed by atoms with Crippen LogP contribution in [0.25, 0.3) is 10.6 Å². The number of carbonyl (C=O) groups is 2. The predicted octanol–water partition coefficient (Wildman–Crippen LogP) is 1.98. The van der Waals surface area contributed by atoms with Gasteiger partial charge < -0.3 is 10.6 Å². The lowest BCUT2D eigenvalue weighted by molar-refractivity contribution is -0.124. The summed E-state index contributed by atoms with van der Waals surface area (Å²) in [6.07, 6.45) is 1.50. The summed E-state index contributed by atoms with van der Waals surface area (Å²) in [6.45, 7) is 0.140. The van der Waals surface area contributed by atoms with Gasteiger partial charge in [-0.2, -0.15) is 22.7 Å². The number of carbonyl (C=O) groups excluding carboxylic acids is 2. The molecule has 0 radical (unpaired) electrons. The fourth-order valence-corrected chi connectivity index (χ4v) is 5.70. The van der Waals surface area contributed by atoms with Gasteiger partial charge in [0.1, 0.15) is 29.0 Å². The molecule has 0 spiro atoms. The molecule has 186 valence electrons. The molecule has 1 fully saturated rings. The van der Waals surface area contributed by atoms with E-state index >= 15 is 0 Å². The zero-order chi connectivity index (χ0) is 25.9. The van der Waals surface area contributed by atoms with Gasteiger partial charge in [-0.25, -0.2) is 9.37 Å². The van der Waals surface area contributed by atoms with Crippen LogP contribution < -0.4 is 15.4 Å². The fraction of sp³-hybridized carbons (Fsp3) is 0.217. The number of nitrogens with zero attached hydrogens (tertiary/aromatic N) is 3. The van der Waals surface area contributed by atoms with Gasteiger partial charge in [-0.1, -0.05) is 30.3 Å². The van der Waals surface area contributed by atoms with Gasteiger partial charge in [0, 0.05) is 29.4 Å². The quantitative estimate of drug-likeness (QED) is 0.446. The first-order valence-corrected chi connectivity index (χ1v) is 13.0. The SMILES string of the molecule is CN1C(C(=O)Nc2ccc(F)c(C#N)c2)CC(C(=O)NCc2cnc(-c3ccccc3)s2)NS1(=O)=O. The molecule has 2 heterocycles. The number of halogens is 1. The minimum absolute atomic E-state index is 0.127. The molecule has 2 unspecified atom stereocenters. The van der Waals surface area contributed by atoms with E-state index in [1.165, 1.54) is 24.5 Å². The highest BCUT2D eigenvalue weighted by Gasteiger charge is 2.42. The molecule has 4 rings (SSSR count). The summed E-state index contributed by atoms with van der Waals surface area (Å²) in [6, 6.07) is 12.2. The van der Waals surface area contributed by atoms with Gasteiger partial charge in [0.05, 0.1) is 12.1 Å². The molecule has 3 aromatic rings. The fourth-order valence-electron chi connectivity index (χ4n) is 3.60. The lowest BCUT2D eigenvalue weighted by Gasteiger charge is -2.35. The van der Waals surface area contributed by atoms with E-state index in [4.69, 9.17) is 5.26 Å². The summed E-state index contributed by atoms with van der Waals surface area (Å²) in [4.78, 5) is 30.8. The van der Waals surface area contributed by atoms with Crippen LogP contribution in [0.2, 0.25) is 0 Å². The molecule has 1 saturated heterocycles. The van der Waals surface area contributed by atoms with Gasteiger partial charge in [-0.3, -0.25) is 9.59 Å². The van der Waals surface area contributed by atoms with Crippen molar-refractivity contribution in [2.24, 2.45) is 0 Å². The maximum atomic E-state index is 13.6. The Bertz CT molecular complexity index is 1440. The molecular weight excluding hydrogens is 507 g/mol. The van der Waals surface area contributed by atoms with Gasteiger partial charge in [0.15, 0.2) is 0 Å². The topological polar surface area (TPSA) is 144 Å². The highest BCUT2D eigenvalue weighted by atomic mass is 32.2. The van der Waals surface area contributed by atoms with E-state index in [1.807, 2.05) is 30.3 Å².